The third-order valence-electron chi connectivity index (χ3n) is 4.70. The Morgan fingerprint density at radius 2 is 1.88 bits per heavy atom. The molecular formula is C23H25F3N4O2S. The maximum Gasteiger partial charge on any atom is 0.416 e. The summed E-state index contributed by atoms with van der Waals surface area (Å²) < 4.78 is 46.7. The number of aromatic nitrogens is 3. The molecule has 10 heteroatoms. The molecule has 0 aliphatic heterocycles. The van der Waals surface area contributed by atoms with Crippen LogP contribution < -0.4 is 10.1 Å². The second-order valence-corrected chi connectivity index (χ2v) is 8.36. The molecule has 0 fully saturated rings. The molecule has 1 heterocycles. The van der Waals surface area contributed by atoms with E-state index in [1.54, 1.807) is 30.3 Å². The first-order valence-electron chi connectivity index (χ1n) is 10.6. The number of hydrogen-bond donors (Lipinski definition) is 1. The van der Waals surface area contributed by atoms with Crippen LogP contribution >= 0.6 is 11.8 Å². The molecule has 3 rings (SSSR count). The number of thioether (sulfide) groups is 1. The van der Waals surface area contributed by atoms with Crippen molar-refractivity contribution in [3.63, 3.8) is 0 Å². The van der Waals surface area contributed by atoms with Crippen LogP contribution in [-0.2, 0) is 12.7 Å². The Labute approximate surface area is 194 Å². The highest BCUT2D eigenvalue weighted by molar-refractivity contribution is 7.99. The van der Waals surface area contributed by atoms with Gasteiger partial charge in [-0.1, -0.05) is 38.1 Å². The van der Waals surface area contributed by atoms with E-state index in [0.717, 1.165) is 25.0 Å². The third kappa shape index (κ3) is 6.50. The molecule has 176 valence electrons. The van der Waals surface area contributed by atoms with Gasteiger partial charge in [-0.15, -0.1) is 10.2 Å². The van der Waals surface area contributed by atoms with Gasteiger partial charge < -0.3 is 10.1 Å². The fraction of sp³-hybridized carbons (Fsp3) is 0.348. The molecule has 2 aromatic carbocycles. The topological polar surface area (TPSA) is 69.0 Å². The number of ether oxygens (including phenoxy) is 1. The lowest BCUT2D eigenvalue weighted by Crippen LogP contribution is -2.24. The fourth-order valence-corrected chi connectivity index (χ4v) is 3.71. The summed E-state index contributed by atoms with van der Waals surface area (Å²) in [6.07, 6.45) is -2.49. The van der Waals surface area contributed by atoms with E-state index in [2.05, 4.69) is 22.4 Å². The average molecular weight is 479 g/mol. The van der Waals surface area contributed by atoms with Crippen LogP contribution in [0.25, 0.3) is 5.69 Å². The molecule has 0 spiro atoms. The smallest absolute Gasteiger partial charge is 0.416 e. The van der Waals surface area contributed by atoms with Crippen LogP contribution in [0.5, 0.6) is 5.75 Å². The van der Waals surface area contributed by atoms with Crippen molar-refractivity contribution >= 4 is 17.7 Å². The van der Waals surface area contributed by atoms with Gasteiger partial charge in [0.15, 0.2) is 11.0 Å². The number of unbranched alkanes of at least 4 members (excludes halogenated alkanes) is 1. The summed E-state index contributed by atoms with van der Waals surface area (Å²) in [7, 11) is 0. The van der Waals surface area contributed by atoms with E-state index >= 15 is 0 Å². The SMILES string of the molecule is CCCCOc1ccc(C(=O)NCc2nnc(SCC)n2-c2cccc(C(F)(F)F)c2)cc1. The van der Waals surface area contributed by atoms with Crippen molar-refractivity contribution in [1.29, 1.82) is 0 Å². The molecule has 1 aromatic heterocycles. The summed E-state index contributed by atoms with van der Waals surface area (Å²) in [6, 6.07) is 11.7. The Morgan fingerprint density at radius 1 is 1.12 bits per heavy atom. The first-order chi connectivity index (χ1) is 15.8. The van der Waals surface area contributed by atoms with E-state index in [-0.39, 0.29) is 18.1 Å². The summed E-state index contributed by atoms with van der Waals surface area (Å²) >= 11 is 1.35. The van der Waals surface area contributed by atoms with E-state index < -0.39 is 11.7 Å². The molecule has 3 aromatic rings. The summed E-state index contributed by atoms with van der Waals surface area (Å²) in [5, 5.41) is 11.4. The maximum absolute atomic E-state index is 13.2. The monoisotopic (exact) mass is 478 g/mol. The number of alkyl halides is 3. The Morgan fingerprint density at radius 3 is 2.55 bits per heavy atom. The van der Waals surface area contributed by atoms with Gasteiger partial charge in [-0.25, -0.2) is 0 Å². The van der Waals surface area contributed by atoms with Crippen LogP contribution in [0.1, 0.15) is 48.4 Å². The predicted octanol–water partition coefficient (Wildman–Crippen LogP) is 5.51. The van der Waals surface area contributed by atoms with E-state index in [4.69, 9.17) is 4.74 Å². The summed E-state index contributed by atoms with van der Waals surface area (Å²) in [5.74, 6) is 1.35. The fourth-order valence-electron chi connectivity index (χ4n) is 3.02. The number of hydrogen-bond acceptors (Lipinski definition) is 5. The van der Waals surface area contributed by atoms with Gasteiger partial charge in [0.25, 0.3) is 5.91 Å². The van der Waals surface area contributed by atoms with Gasteiger partial charge in [0.05, 0.1) is 24.4 Å². The number of carbonyl (C=O) groups is 1. The van der Waals surface area contributed by atoms with Gasteiger partial charge in [-0.2, -0.15) is 13.2 Å². The molecule has 0 unspecified atom stereocenters. The standard InChI is InChI=1S/C23H25F3N4O2S/c1-3-5-13-32-19-11-9-16(10-12-19)21(31)27-15-20-28-29-22(33-4-2)30(20)18-8-6-7-17(14-18)23(24,25)26/h6-12,14H,3-5,13,15H2,1-2H3,(H,27,31). The Hall–Kier alpha value is -3.01. The third-order valence-corrected chi connectivity index (χ3v) is 5.51. The van der Waals surface area contributed by atoms with Crippen LogP contribution in [-0.4, -0.2) is 33.0 Å². The Kier molecular flexibility index (Phi) is 8.37. The van der Waals surface area contributed by atoms with Crippen molar-refractivity contribution in [2.75, 3.05) is 12.4 Å². The average Bonchev–Trinajstić information content (AvgIpc) is 3.20. The van der Waals surface area contributed by atoms with E-state index in [9.17, 15) is 18.0 Å². The van der Waals surface area contributed by atoms with Crippen molar-refractivity contribution < 1.29 is 22.7 Å². The summed E-state index contributed by atoms with van der Waals surface area (Å²) in [5.41, 5.74) is -0.0490. The number of rotatable bonds is 10. The lowest BCUT2D eigenvalue weighted by molar-refractivity contribution is -0.137. The normalized spacial score (nSPS) is 11.4. The van der Waals surface area contributed by atoms with Gasteiger partial charge in [0.2, 0.25) is 0 Å². The highest BCUT2D eigenvalue weighted by Gasteiger charge is 2.31. The number of amides is 1. The van der Waals surface area contributed by atoms with Crippen LogP contribution in [0, 0.1) is 0 Å². The lowest BCUT2D eigenvalue weighted by Gasteiger charge is -2.13. The zero-order valence-electron chi connectivity index (χ0n) is 18.4. The highest BCUT2D eigenvalue weighted by atomic mass is 32.2. The quantitative estimate of drug-likeness (QED) is 0.308. The van der Waals surface area contributed by atoms with Gasteiger partial charge in [-0.05, 0) is 54.6 Å². The van der Waals surface area contributed by atoms with Crippen molar-refractivity contribution in [1.82, 2.24) is 20.1 Å². The molecule has 0 aliphatic rings. The van der Waals surface area contributed by atoms with Gasteiger partial charge in [-0.3, -0.25) is 9.36 Å². The zero-order valence-corrected chi connectivity index (χ0v) is 19.2. The van der Waals surface area contributed by atoms with Crippen molar-refractivity contribution in [3.8, 4) is 11.4 Å². The number of nitrogens with zero attached hydrogens (tertiary/aromatic N) is 3. The molecule has 1 N–H and O–H groups in total. The first kappa shape index (κ1) is 24.6. The van der Waals surface area contributed by atoms with E-state index in [1.165, 1.54) is 22.4 Å². The predicted molar refractivity (Wildman–Crippen MR) is 121 cm³/mol. The second kappa shape index (κ2) is 11.2. The van der Waals surface area contributed by atoms with Crippen molar-refractivity contribution in [3.05, 3.63) is 65.5 Å². The van der Waals surface area contributed by atoms with Gasteiger partial charge >= 0.3 is 6.18 Å². The molecule has 0 saturated heterocycles. The Balaban J connectivity index is 1.76. The lowest BCUT2D eigenvalue weighted by atomic mass is 10.2. The first-order valence-corrected chi connectivity index (χ1v) is 11.6. The molecule has 0 radical (unpaired) electrons. The highest BCUT2D eigenvalue weighted by Crippen LogP contribution is 2.31. The molecule has 0 saturated carbocycles. The van der Waals surface area contributed by atoms with Crippen LogP contribution in [0.3, 0.4) is 0 Å². The van der Waals surface area contributed by atoms with E-state index in [0.29, 0.717) is 34.7 Å². The van der Waals surface area contributed by atoms with Crippen molar-refractivity contribution in [2.45, 2.75) is 44.6 Å². The molecule has 0 atom stereocenters. The van der Waals surface area contributed by atoms with Crippen LogP contribution in [0.15, 0.2) is 53.7 Å². The summed E-state index contributed by atoms with van der Waals surface area (Å²) in [6.45, 7) is 4.61. The zero-order chi connectivity index (χ0) is 23.8. The van der Waals surface area contributed by atoms with E-state index in [1.807, 2.05) is 6.92 Å². The Bertz CT molecular complexity index is 1070. The number of nitrogens with one attached hydrogen (secondary N) is 1. The molecule has 33 heavy (non-hydrogen) atoms. The van der Waals surface area contributed by atoms with Gasteiger partial charge in [0, 0.05) is 5.56 Å². The number of carbonyl (C=O) groups excluding carboxylic acids is 1. The van der Waals surface area contributed by atoms with Crippen molar-refractivity contribution in [2.24, 2.45) is 0 Å². The molecule has 6 nitrogen and oxygen atoms in total. The minimum absolute atomic E-state index is 0.00110. The van der Waals surface area contributed by atoms with Crippen LogP contribution in [0.2, 0.25) is 0 Å². The van der Waals surface area contributed by atoms with Gasteiger partial charge in [0.1, 0.15) is 5.75 Å². The molecular weight excluding hydrogens is 453 g/mol. The minimum Gasteiger partial charge on any atom is -0.494 e. The molecule has 0 bridgehead atoms. The largest absolute Gasteiger partial charge is 0.494 e. The minimum atomic E-state index is -4.47. The maximum atomic E-state index is 13.2. The van der Waals surface area contributed by atoms with Crippen LogP contribution in [0.4, 0.5) is 13.2 Å². The number of benzene rings is 2. The number of halogens is 3. The molecule has 1 amide bonds. The second-order valence-electron chi connectivity index (χ2n) is 7.12. The summed E-state index contributed by atoms with van der Waals surface area (Å²) in [4.78, 5) is 12.6. The molecule has 0 aliphatic carbocycles.